The van der Waals surface area contributed by atoms with Crippen LogP contribution in [0.1, 0.15) is 12.6 Å². The molecule has 21 heavy (non-hydrogen) atoms. The van der Waals surface area contributed by atoms with Crippen LogP contribution in [-0.4, -0.2) is 21.0 Å². The van der Waals surface area contributed by atoms with E-state index < -0.39 is 4.92 Å². The van der Waals surface area contributed by atoms with E-state index in [2.05, 4.69) is 25.9 Å². The number of aryl methyl sites for hydroxylation is 1. The average molecular weight is 352 g/mol. The lowest BCUT2D eigenvalue weighted by molar-refractivity contribution is -0.384. The Balaban J connectivity index is 0.000000677. The maximum Gasteiger partial charge on any atom is 0.373 e. The second-order valence-corrected chi connectivity index (χ2v) is 4.67. The van der Waals surface area contributed by atoms with Crippen molar-refractivity contribution in [3.05, 3.63) is 50.9 Å². The largest absolute Gasteiger partial charge is 0.373 e. The Morgan fingerprint density at radius 1 is 1.29 bits per heavy atom. The number of halogens is 1. The van der Waals surface area contributed by atoms with E-state index in [1.54, 1.807) is 12.3 Å². The quantitative estimate of drug-likeness (QED) is 0.622. The van der Waals surface area contributed by atoms with Gasteiger partial charge in [-0.15, -0.1) is 0 Å². The summed E-state index contributed by atoms with van der Waals surface area (Å²) in [4.78, 5) is 35.1. The fourth-order valence-corrected chi connectivity index (χ4v) is 1.88. The SMILES string of the molecule is CCc1ccc(-c2ncc(Br)cc2[N+](=O)[O-])cn1.O=C=O. The molecule has 0 fully saturated rings. The van der Waals surface area contributed by atoms with E-state index >= 15 is 0 Å². The van der Waals surface area contributed by atoms with Gasteiger partial charge in [-0.25, -0.2) is 4.98 Å². The minimum atomic E-state index is -0.444. The van der Waals surface area contributed by atoms with Gasteiger partial charge in [-0.3, -0.25) is 15.1 Å². The Morgan fingerprint density at radius 2 is 1.95 bits per heavy atom. The van der Waals surface area contributed by atoms with Crippen LogP contribution in [-0.2, 0) is 16.0 Å². The Kier molecular flexibility index (Phi) is 6.32. The summed E-state index contributed by atoms with van der Waals surface area (Å²) >= 11 is 3.18. The molecule has 0 saturated carbocycles. The van der Waals surface area contributed by atoms with Crippen LogP contribution in [0, 0.1) is 10.1 Å². The minimum Gasteiger partial charge on any atom is -0.261 e. The summed E-state index contributed by atoms with van der Waals surface area (Å²) in [6.07, 6.45) is 4.23. The summed E-state index contributed by atoms with van der Waals surface area (Å²) in [7, 11) is 0. The lowest BCUT2D eigenvalue weighted by Gasteiger charge is -2.03. The standard InChI is InChI=1S/C12H10BrN3O2.CO2/c1-2-10-4-3-8(6-14-10)12-11(16(17)18)5-9(13)7-15-12;2-1-3/h3-7H,2H2,1H3;. The number of hydrogen-bond donors (Lipinski definition) is 0. The molecular formula is C13H10BrN3O4. The van der Waals surface area contributed by atoms with Crippen molar-refractivity contribution in [3.63, 3.8) is 0 Å². The van der Waals surface area contributed by atoms with Crippen LogP contribution in [0.5, 0.6) is 0 Å². The summed E-state index contributed by atoms with van der Waals surface area (Å²) in [5, 5.41) is 11.0. The first-order valence-corrected chi connectivity index (χ1v) is 6.57. The van der Waals surface area contributed by atoms with Crippen LogP contribution in [0.4, 0.5) is 5.69 Å². The Labute approximate surface area is 128 Å². The van der Waals surface area contributed by atoms with Gasteiger partial charge in [0.2, 0.25) is 0 Å². The molecule has 0 spiro atoms. The highest BCUT2D eigenvalue weighted by Crippen LogP contribution is 2.29. The van der Waals surface area contributed by atoms with Gasteiger partial charge in [-0.2, -0.15) is 9.59 Å². The molecule has 2 heterocycles. The van der Waals surface area contributed by atoms with Crippen molar-refractivity contribution in [2.75, 3.05) is 0 Å². The summed E-state index contributed by atoms with van der Waals surface area (Å²) < 4.78 is 0.580. The molecule has 0 aliphatic carbocycles. The van der Waals surface area contributed by atoms with E-state index in [-0.39, 0.29) is 11.8 Å². The van der Waals surface area contributed by atoms with Crippen LogP contribution in [0.25, 0.3) is 11.3 Å². The maximum absolute atomic E-state index is 11.0. The van der Waals surface area contributed by atoms with Gasteiger partial charge in [0.15, 0.2) is 0 Å². The third kappa shape index (κ3) is 4.55. The van der Waals surface area contributed by atoms with Crippen molar-refractivity contribution in [2.45, 2.75) is 13.3 Å². The van der Waals surface area contributed by atoms with Crippen LogP contribution in [0.2, 0.25) is 0 Å². The lowest BCUT2D eigenvalue weighted by Crippen LogP contribution is -1.96. The third-order valence-electron chi connectivity index (χ3n) is 2.49. The van der Waals surface area contributed by atoms with E-state index in [0.717, 1.165) is 12.1 Å². The number of carbonyl (C=O) groups excluding carboxylic acids is 2. The van der Waals surface area contributed by atoms with E-state index in [4.69, 9.17) is 9.59 Å². The average Bonchev–Trinajstić information content (AvgIpc) is 2.48. The molecule has 0 bridgehead atoms. The lowest BCUT2D eigenvalue weighted by atomic mass is 10.1. The van der Waals surface area contributed by atoms with Gasteiger partial charge < -0.3 is 0 Å². The van der Waals surface area contributed by atoms with Crippen molar-refractivity contribution in [3.8, 4) is 11.3 Å². The van der Waals surface area contributed by atoms with Gasteiger partial charge in [0, 0.05) is 34.2 Å². The first-order valence-electron chi connectivity index (χ1n) is 5.78. The maximum atomic E-state index is 11.0. The highest BCUT2D eigenvalue weighted by Gasteiger charge is 2.17. The van der Waals surface area contributed by atoms with E-state index in [9.17, 15) is 10.1 Å². The highest BCUT2D eigenvalue weighted by molar-refractivity contribution is 9.10. The molecule has 0 radical (unpaired) electrons. The Morgan fingerprint density at radius 3 is 2.43 bits per heavy atom. The first kappa shape index (κ1) is 16.6. The number of hydrogen-bond acceptors (Lipinski definition) is 6. The van der Waals surface area contributed by atoms with Gasteiger partial charge in [-0.05, 0) is 34.5 Å². The molecule has 0 saturated heterocycles. The minimum absolute atomic E-state index is 0.0320. The first-order chi connectivity index (χ1) is 10.0. The van der Waals surface area contributed by atoms with Gasteiger partial charge in [0.1, 0.15) is 5.69 Å². The number of pyridine rings is 2. The van der Waals surface area contributed by atoms with Crippen LogP contribution < -0.4 is 0 Å². The molecule has 0 aromatic carbocycles. The second-order valence-electron chi connectivity index (χ2n) is 3.75. The summed E-state index contributed by atoms with van der Waals surface area (Å²) in [5.41, 5.74) is 1.89. The van der Waals surface area contributed by atoms with Gasteiger partial charge >= 0.3 is 6.15 Å². The zero-order chi connectivity index (χ0) is 15.8. The van der Waals surface area contributed by atoms with Gasteiger partial charge in [-0.1, -0.05) is 6.92 Å². The molecule has 108 valence electrons. The smallest absolute Gasteiger partial charge is 0.261 e. The molecule has 7 nitrogen and oxygen atoms in total. The third-order valence-corrected chi connectivity index (χ3v) is 2.92. The molecular weight excluding hydrogens is 342 g/mol. The van der Waals surface area contributed by atoms with Crippen molar-refractivity contribution >= 4 is 27.8 Å². The topological polar surface area (TPSA) is 103 Å². The second kappa shape index (κ2) is 7.98. The van der Waals surface area contributed by atoms with Crippen molar-refractivity contribution in [1.82, 2.24) is 9.97 Å². The molecule has 0 unspecified atom stereocenters. The number of rotatable bonds is 3. The fourth-order valence-electron chi connectivity index (χ4n) is 1.56. The van der Waals surface area contributed by atoms with E-state index in [1.165, 1.54) is 12.3 Å². The van der Waals surface area contributed by atoms with Crippen molar-refractivity contribution in [2.24, 2.45) is 0 Å². The predicted octanol–water partition coefficient (Wildman–Crippen LogP) is 2.79. The van der Waals surface area contributed by atoms with Gasteiger partial charge in [0.25, 0.3) is 5.69 Å². The molecule has 0 aliphatic rings. The number of nitrogens with zero attached hydrogens (tertiary/aromatic N) is 3. The molecule has 2 rings (SSSR count). The highest BCUT2D eigenvalue weighted by atomic mass is 79.9. The van der Waals surface area contributed by atoms with Crippen molar-refractivity contribution < 1.29 is 14.5 Å². The molecule has 0 amide bonds. The zero-order valence-corrected chi connectivity index (χ0v) is 12.5. The molecule has 0 atom stereocenters. The predicted molar refractivity (Wildman–Crippen MR) is 76.2 cm³/mol. The summed E-state index contributed by atoms with van der Waals surface area (Å²) in [6.45, 7) is 2.00. The molecule has 2 aromatic heterocycles. The van der Waals surface area contributed by atoms with E-state index in [0.29, 0.717) is 15.7 Å². The molecule has 0 N–H and O–H groups in total. The summed E-state index contributed by atoms with van der Waals surface area (Å²) in [6, 6.07) is 5.09. The van der Waals surface area contributed by atoms with Crippen molar-refractivity contribution in [1.29, 1.82) is 0 Å². The van der Waals surface area contributed by atoms with Crippen LogP contribution in [0.3, 0.4) is 0 Å². The van der Waals surface area contributed by atoms with Crippen LogP contribution >= 0.6 is 15.9 Å². The molecule has 8 heteroatoms. The summed E-state index contributed by atoms with van der Waals surface area (Å²) in [5.74, 6) is 0. The number of aromatic nitrogens is 2. The monoisotopic (exact) mass is 351 g/mol. The molecule has 0 aliphatic heterocycles. The van der Waals surface area contributed by atoms with Crippen LogP contribution in [0.15, 0.2) is 35.1 Å². The Hall–Kier alpha value is -2.44. The Bertz CT molecular complexity index is 668. The van der Waals surface area contributed by atoms with Gasteiger partial charge in [0.05, 0.1) is 4.92 Å². The van der Waals surface area contributed by atoms with E-state index in [1.807, 2.05) is 13.0 Å². The zero-order valence-electron chi connectivity index (χ0n) is 10.9. The fraction of sp³-hybridized carbons (Fsp3) is 0.154. The molecule has 2 aromatic rings. The normalized spacial score (nSPS) is 9.24. The number of nitro groups is 1.